The molecule has 0 radical (unpaired) electrons. The normalized spacial score (nSPS) is 9.79. The molecular formula is C11H8FOP. The third kappa shape index (κ3) is 2.30. The molecule has 0 spiro atoms. The van der Waals surface area contributed by atoms with Crippen LogP contribution in [-0.4, -0.2) is 0 Å². The molecule has 0 amide bonds. The Hall–Kier alpha value is -1.40. The van der Waals surface area contributed by atoms with Gasteiger partial charge in [0.25, 0.3) is 0 Å². The molecular weight excluding hydrogens is 198 g/mol. The summed E-state index contributed by atoms with van der Waals surface area (Å²) in [6.45, 7) is 0. The zero-order valence-corrected chi connectivity index (χ0v) is 8.25. The standard InChI is InChI=1S/C11H8FOP/c12-9-1-3-10(4-2-9)13-11-5-7-14-8-6-11/h1-8H. The third-order valence-electron chi connectivity index (χ3n) is 1.70. The van der Waals surface area contributed by atoms with Gasteiger partial charge in [0.05, 0.1) is 0 Å². The van der Waals surface area contributed by atoms with Gasteiger partial charge in [-0.25, -0.2) is 4.39 Å². The van der Waals surface area contributed by atoms with Crippen molar-refractivity contribution in [2.24, 2.45) is 0 Å². The predicted octanol–water partition coefficient (Wildman–Crippen LogP) is 4.20. The molecule has 0 bridgehead atoms. The molecule has 1 aromatic heterocycles. The Morgan fingerprint density at radius 2 is 1.43 bits per heavy atom. The highest BCUT2D eigenvalue weighted by Crippen LogP contribution is 2.22. The van der Waals surface area contributed by atoms with Crippen LogP contribution in [-0.2, 0) is 0 Å². The second-order valence-corrected chi connectivity index (χ2v) is 3.63. The SMILES string of the molecule is Fc1ccc(Oc2ccpcc2)cc1. The van der Waals surface area contributed by atoms with Crippen LogP contribution in [0.1, 0.15) is 0 Å². The predicted molar refractivity (Wildman–Crippen MR) is 55.4 cm³/mol. The van der Waals surface area contributed by atoms with Crippen molar-refractivity contribution in [3.05, 3.63) is 53.8 Å². The minimum atomic E-state index is -0.254. The number of hydrogen-bond acceptors (Lipinski definition) is 1. The molecule has 1 aromatic carbocycles. The van der Waals surface area contributed by atoms with Gasteiger partial charge in [0.1, 0.15) is 17.3 Å². The highest BCUT2D eigenvalue weighted by Gasteiger charge is 1.95. The zero-order valence-electron chi connectivity index (χ0n) is 7.35. The van der Waals surface area contributed by atoms with Crippen LogP contribution in [0.5, 0.6) is 11.5 Å². The Bertz CT molecular complexity index is 399. The third-order valence-corrected chi connectivity index (χ3v) is 2.34. The average molecular weight is 206 g/mol. The number of benzene rings is 1. The molecule has 0 fully saturated rings. The van der Waals surface area contributed by atoms with Crippen molar-refractivity contribution in [1.29, 1.82) is 0 Å². The Balaban J connectivity index is 2.16. The molecule has 0 saturated heterocycles. The van der Waals surface area contributed by atoms with Gasteiger partial charge in [-0.15, -0.1) is 0 Å². The lowest BCUT2D eigenvalue weighted by Crippen LogP contribution is -1.82. The largest absolute Gasteiger partial charge is 0.457 e. The van der Waals surface area contributed by atoms with Crippen LogP contribution in [0.4, 0.5) is 4.39 Å². The van der Waals surface area contributed by atoms with E-state index in [0.717, 1.165) is 13.9 Å². The zero-order chi connectivity index (χ0) is 9.80. The minimum Gasteiger partial charge on any atom is -0.457 e. The average Bonchev–Trinajstić information content (AvgIpc) is 2.23. The highest BCUT2D eigenvalue weighted by molar-refractivity contribution is 7.28. The van der Waals surface area contributed by atoms with Gasteiger partial charge in [0.2, 0.25) is 0 Å². The Morgan fingerprint density at radius 3 is 2.07 bits per heavy atom. The second-order valence-electron chi connectivity index (χ2n) is 2.74. The van der Waals surface area contributed by atoms with Gasteiger partial charge in [0, 0.05) is 0 Å². The van der Waals surface area contributed by atoms with Gasteiger partial charge in [-0.05, 0) is 48.0 Å². The van der Waals surface area contributed by atoms with Crippen LogP contribution in [0, 0.1) is 5.82 Å². The summed E-state index contributed by atoms with van der Waals surface area (Å²) >= 11 is 0. The summed E-state index contributed by atoms with van der Waals surface area (Å²) < 4.78 is 18.1. The van der Waals surface area contributed by atoms with Gasteiger partial charge >= 0.3 is 0 Å². The minimum absolute atomic E-state index is 0.254. The van der Waals surface area contributed by atoms with E-state index < -0.39 is 0 Å². The number of halogens is 1. The number of ether oxygens (including phenoxy) is 1. The van der Waals surface area contributed by atoms with E-state index in [-0.39, 0.29) is 5.82 Å². The van der Waals surface area contributed by atoms with Crippen molar-refractivity contribution in [1.82, 2.24) is 0 Å². The summed E-state index contributed by atoms with van der Waals surface area (Å²) in [5.41, 5.74) is 0. The molecule has 70 valence electrons. The van der Waals surface area contributed by atoms with Crippen molar-refractivity contribution in [2.45, 2.75) is 0 Å². The van der Waals surface area contributed by atoms with Crippen molar-refractivity contribution in [3.63, 3.8) is 0 Å². The highest BCUT2D eigenvalue weighted by atomic mass is 31.0. The molecule has 2 rings (SSSR count). The molecule has 0 saturated carbocycles. The van der Waals surface area contributed by atoms with Gasteiger partial charge in [-0.3, -0.25) is 0 Å². The fourth-order valence-electron chi connectivity index (χ4n) is 1.04. The lowest BCUT2D eigenvalue weighted by atomic mass is 10.3. The first-order valence-corrected chi connectivity index (χ1v) is 5.21. The first-order chi connectivity index (χ1) is 6.84. The number of rotatable bonds is 2. The van der Waals surface area contributed by atoms with Gasteiger partial charge in [-0.2, -0.15) is 0 Å². The molecule has 0 aliphatic heterocycles. The smallest absolute Gasteiger partial charge is 0.128 e. The molecule has 2 aromatic rings. The molecule has 0 aliphatic carbocycles. The topological polar surface area (TPSA) is 9.23 Å². The fourth-order valence-corrected chi connectivity index (χ4v) is 1.61. The van der Waals surface area contributed by atoms with Crippen LogP contribution in [0.3, 0.4) is 0 Å². The quantitative estimate of drug-likeness (QED) is 0.715. The van der Waals surface area contributed by atoms with E-state index in [9.17, 15) is 4.39 Å². The van der Waals surface area contributed by atoms with Crippen LogP contribution in [0.25, 0.3) is 0 Å². The molecule has 1 heterocycles. The molecule has 14 heavy (non-hydrogen) atoms. The summed E-state index contributed by atoms with van der Waals surface area (Å²) in [5.74, 6) is 5.14. The van der Waals surface area contributed by atoms with E-state index in [0.29, 0.717) is 5.75 Å². The summed E-state index contributed by atoms with van der Waals surface area (Å²) in [7, 11) is 1.16. The van der Waals surface area contributed by atoms with Crippen molar-refractivity contribution >= 4 is 8.19 Å². The fraction of sp³-hybridized carbons (Fsp3) is 0. The lowest BCUT2D eigenvalue weighted by molar-refractivity contribution is 0.481. The lowest BCUT2D eigenvalue weighted by Gasteiger charge is -2.03. The first kappa shape index (κ1) is 9.17. The molecule has 0 unspecified atom stereocenters. The molecule has 0 N–H and O–H groups in total. The molecule has 0 aliphatic rings. The monoisotopic (exact) mass is 206 g/mol. The summed E-state index contributed by atoms with van der Waals surface area (Å²) in [6, 6.07) is 9.76. The molecule has 3 heteroatoms. The van der Waals surface area contributed by atoms with Gasteiger partial charge in [-0.1, -0.05) is 8.19 Å². The van der Waals surface area contributed by atoms with Gasteiger partial charge in [0.15, 0.2) is 0 Å². The molecule has 1 nitrogen and oxygen atoms in total. The summed E-state index contributed by atoms with van der Waals surface area (Å²) in [6.07, 6.45) is 0. The van der Waals surface area contributed by atoms with E-state index in [1.807, 2.05) is 23.7 Å². The summed E-state index contributed by atoms with van der Waals surface area (Å²) in [5, 5.41) is 0. The second kappa shape index (κ2) is 4.21. The van der Waals surface area contributed by atoms with Crippen LogP contribution in [0.2, 0.25) is 0 Å². The van der Waals surface area contributed by atoms with Crippen molar-refractivity contribution < 1.29 is 9.13 Å². The van der Waals surface area contributed by atoms with Crippen LogP contribution >= 0.6 is 8.19 Å². The van der Waals surface area contributed by atoms with Crippen molar-refractivity contribution in [3.8, 4) is 11.5 Å². The van der Waals surface area contributed by atoms with Crippen molar-refractivity contribution in [2.75, 3.05) is 0 Å². The Kier molecular flexibility index (Phi) is 2.76. The number of hydrogen-bond donors (Lipinski definition) is 0. The van der Waals surface area contributed by atoms with Crippen LogP contribution in [0.15, 0.2) is 48.0 Å². The van der Waals surface area contributed by atoms with E-state index in [4.69, 9.17) is 4.74 Å². The van der Waals surface area contributed by atoms with Gasteiger partial charge < -0.3 is 4.74 Å². The Labute approximate surface area is 83.3 Å². The van der Waals surface area contributed by atoms with E-state index >= 15 is 0 Å². The van der Waals surface area contributed by atoms with E-state index in [2.05, 4.69) is 0 Å². The van der Waals surface area contributed by atoms with E-state index in [1.54, 1.807) is 12.1 Å². The maximum Gasteiger partial charge on any atom is 0.128 e. The Morgan fingerprint density at radius 1 is 0.857 bits per heavy atom. The molecule has 0 atom stereocenters. The van der Waals surface area contributed by atoms with E-state index in [1.165, 1.54) is 12.1 Å². The summed E-state index contributed by atoms with van der Waals surface area (Å²) in [4.78, 5) is 0. The maximum absolute atomic E-state index is 12.6. The maximum atomic E-state index is 12.6. The van der Waals surface area contributed by atoms with Crippen LogP contribution < -0.4 is 4.74 Å². The first-order valence-electron chi connectivity index (χ1n) is 4.18.